The highest BCUT2D eigenvalue weighted by molar-refractivity contribution is 14.1. The maximum Gasteiger partial charge on any atom is 0.418 e. The molecule has 21 heavy (non-hydrogen) atoms. The third-order valence-electron chi connectivity index (χ3n) is 2.62. The van der Waals surface area contributed by atoms with Crippen LogP contribution in [-0.2, 0) is 6.18 Å². The van der Waals surface area contributed by atoms with Crippen molar-refractivity contribution >= 4 is 50.1 Å². The van der Waals surface area contributed by atoms with Crippen LogP contribution in [0, 0.1) is 3.57 Å². The van der Waals surface area contributed by atoms with E-state index >= 15 is 0 Å². The Morgan fingerprint density at radius 2 is 1.86 bits per heavy atom. The van der Waals surface area contributed by atoms with Crippen LogP contribution in [0.15, 0.2) is 46.9 Å². The smallest absolute Gasteiger partial charge is 0.321 e. The highest BCUT2D eigenvalue weighted by Gasteiger charge is 2.34. The van der Waals surface area contributed by atoms with Crippen LogP contribution in [0.3, 0.4) is 0 Å². The predicted octanol–water partition coefficient (Wildman–Crippen LogP) is 5.32. The number of carbonyl (C=O) groups is 1. The lowest BCUT2D eigenvalue weighted by Crippen LogP contribution is -2.16. The highest BCUT2D eigenvalue weighted by Crippen LogP contribution is 2.36. The zero-order valence-electron chi connectivity index (χ0n) is 10.3. The molecule has 1 N–H and O–H groups in total. The SMILES string of the molecule is O=C(Nc1ccc(Br)cc1C(F)(F)F)c1cccc(I)c1. The van der Waals surface area contributed by atoms with E-state index in [0.717, 1.165) is 9.64 Å². The van der Waals surface area contributed by atoms with Crippen molar-refractivity contribution in [3.05, 3.63) is 61.6 Å². The fraction of sp³-hybridized carbons (Fsp3) is 0.0714. The summed E-state index contributed by atoms with van der Waals surface area (Å²) in [7, 11) is 0. The van der Waals surface area contributed by atoms with Crippen LogP contribution in [0.25, 0.3) is 0 Å². The van der Waals surface area contributed by atoms with Gasteiger partial charge in [0, 0.05) is 13.6 Å². The standard InChI is InChI=1S/C14H8BrF3INO/c15-9-4-5-12(11(7-9)14(16,17)18)20-13(21)8-2-1-3-10(19)6-8/h1-7H,(H,20,21). The summed E-state index contributed by atoms with van der Waals surface area (Å²) in [4.78, 5) is 12.0. The minimum Gasteiger partial charge on any atom is -0.321 e. The lowest BCUT2D eigenvalue weighted by molar-refractivity contribution is -0.136. The molecule has 0 aliphatic heterocycles. The first kappa shape index (κ1) is 16.3. The molecule has 0 saturated heterocycles. The van der Waals surface area contributed by atoms with Crippen molar-refractivity contribution in [2.24, 2.45) is 0 Å². The monoisotopic (exact) mass is 469 g/mol. The normalized spacial score (nSPS) is 11.3. The highest BCUT2D eigenvalue weighted by atomic mass is 127. The van der Waals surface area contributed by atoms with Crippen LogP contribution in [0.4, 0.5) is 18.9 Å². The van der Waals surface area contributed by atoms with E-state index < -0.39 is 17.6 Å². The second-order valence-corrected chi connectivity index (χ2v) is 6.31. The number of hydrogen-bond donors (Lipinski definition) is 1. The molecule has 0 aliphatic carbocycles. The lowest BCUT2D eigenvalue weighted by Gasteiger charge is -2.14. The molecule has 0 spiro atoms. The predicted molar refractivity (Wildman–Crippen MR) is 86.3 cm³/mol. The number of alkyl halides is 3. The van der Waals surface area contributed by atoms with Crippen LogP contribution in [-0.4, -0.2) is 5.91 Å². The molecule has 0 aliphatic rings. The van der Waals surface area contributed by atoms with E-state index in [2.05, 4.69) is 21.2 Å². The summed E-state index contributed by atoms with van der Waals surface area (Å²) in [5.74, 6) is -0.582. The largest absolute Gasteiger partial charge is 0.418 e. The Bertz CT molecular complexity index is 688. The molecular weight excluding hydrogens is 462 g/mol. The Kier molecular flexibility index (Phi) is 4.92. The number of amides is 1. The number of benzene rings is 2. The van der Waals surface area contributed by atoms with Gasteiger partial charge in [-0.15, -0.1) is 0 Å². The summed E-state index contributed by atoms with van der Waals surface area (Å²) in [5, 5.41) is 2.30. The van der Waals surface area contributed by atoms with Crippen molar-refractivity contribution in [3.63, 3.8) is 0 Å². The minimum atomic E-state index is -4.54. The van der Waals surface area contributed by atoms with E-state index in [1.165, 1.54) is 12.1 Å². The van der Waals surface area contributed by atoms with Gasteiger partial charge in [0.25, 0.3) is 5.91 Å². The van der Waals surface area contributed by atoms with E-state index in [1.807, 2.05) is 22.6 Å². The molecule has 0 atom stereocenters. The van der Waals surface area contributed by atoms with Crippen LogP contribution >= 0.6 is 38.5 Å². The van der Waals surface area contributed by atoms with Crippen molar-refractivity contribution in [3.8, 4) is 0 Å². The summed E-state index contributed by atoms with van der Waals surface area (Å²) in [6.45, 7) is 0. The maximum atomic E-state index is 13.0. The first-order valence-electron chi connectivity index (χ1n) is 5.71. The van der Waals surface area contributed by atoms with Gasteiger partial charge in [-0.25, -0.2) is 0 Å². The fourth-order valence-corrected chi connectivity index (χ4v) is 2.59. The van der Waals surface area contributed by atoms with Crippen molar-refractivity contribution in [2.45, 2.75) is 6.18 Å². The molecular formula is C14H8BrF3INO. The second kappa shape index (κ2) is 6.35. The molecule has 0 radical (unpaired) electrons. The number of rotatable bonds is 2. The summed E-state index contributed by atoms with van der Waals surface area (Å²) in [5.41, 5.74) is -0.858. The van der Waals surface area contributed by atoms with E-state index in [4.69, 9.17) is 0 Å². The van der Waals surface area contributed by atoms with Crippen molar-refractivity contribution in [2.75, 3.05) is 5.32 Å². The zero-order chi connectivity index (χ0) is 15.6. The topological polar surface area (TPSA) is 29.1 Å². The molecule has 0 saturated carbocycles. The number of carbonyl (C=O) groups excluding carboxylic acids is 1. The van der Waals surface area contributed by atoms with Crippen LogP contribution < -0.4 is 5.32 Å². The average molecular weight is 470 g/mol. The van der Waals surface area contributed by atoms with Crippen LogP contribution in [0.1, 0.15) is 15.9 Å². The van der Waals surface area contributed by atoms with Gasteiger partial charge in [0.1, 0.15) is 0 Å². The summed E-state index contributed by atoms with van der Waals surface area (Å²) in [6.07, 6.45) is -4.54. The van der Waals surface area contributed by atoms with E-state index in [-0.39, 0.29) is 5.69 Å². The van der Waals surface area contributed by atoms with E-state index in [9.17, 15) is 18.0 Å². The number of anilines is 1. The third-order valence-corrected chi connectivity index (χ3v) is 3.79. The summed E-state index contributed by atoms with van der Waals surface area (Å²) in [6, 6.07) is 10.2. The van der Waals surface area contributed by atoms with Crippen molar-refractivity contribution < 1.29 is 18.0 Å². The average Bonchev–Trinajstić information content (AvgIpc) is 2.39. The molecule has 0 bridgehead atoms. The Morgan fingerprint density at radius 3 is 2.48 bits per heavy atom. The molecule has 0 unspecified atom stereocenters. The van der Waals surface area contributed by atoms with Crippen LogP contribution in [0.5, 0.6) is 0 Å². The Labute approximate surface area is 141 Å². The van der Waals surface area contributed by atoms with Gasteiger partial charge in [-0.2, -0.15) is 13.2 Å². The van der Waals surface area contributed by atoms with Gasteiger partial charge in [-0.1, -0.05) is 22.0 Å². The van der Waals surface area contributed by atoms with Gasteiger partial charge < -0.3 is 5.32 Å². The number of nitrogens with one attached hydrogen (secondary N) is 1. The molecule has 2 nitrogen and oxygen atoms in total. The second-order valence-electron chi connectivity index (χ2n) is 4.15. The molecule has 1 amide bonds. The van der Waals surface area contributed by atoms with E-state index in [1.54, 1.807) is 24.3 Å². The minimum absolute atomic E-state index is 0.269. The van der Waals surface area contributed by atoms with Crippen LogP contribution in [0.2, 0.25) is 0 Å². The lowest BCUT2D eigenvalue weighted by atomic mass is 10.1. The molecule has 0 aromatic heterocycles. The van der Waals surface area contributed by atoms with Gasteiger partial charge in [-0.3, -0.25) is 4.79 Å². The molecule has 0 fully saturated rings. The molecule has 2 aromatic carbocycles. The molecule has 7 heteroatoms. The molecule has 2 aromatic rings. The Morgan fingerprint density at radius 1 is 1.14 bits per heavy atom. The molecule has 110 valence electrons. The number of halogens is 5. The van der Waals surface area contributed by atoms with Gasteiger partial charge in [-0.05, 0) is 59.0 Å². The fourth-order valence-electron chi connectivity index (χ4n) is 1.68. The zero-order valence-corrected chi connectivity index (χ0v) is 14.1. The maximum absolute atomic E-state index is 13.0. The van der Waals surface area contributed by atoms with Gasteiger partial charge in [0.05, 0.1) is 11.3 Å². The first-order valence-corrected chi connectivity index (χ1v) is 7.58. The van der Waals surface area contributed by atoms with Gasteiger partial charge in [0.2, 0.25) is 0 Å². The quantitative estimate of drug-likeness (QED) is 0.592. The van der Waals surface area contributed by atoms with Gasteiger partial charge in [0.15, 0.2) is 0 Å². The summed E-state index contributed by atoms with van der Waals surface area (Å²) < 4.78 is 40.0. The van der Waals surface area contributed by atoms with Crippen molar-refractivity contribution in [1.29, 1.82) is 0 Å². The number of hydrogen-bond acceptors (Lipinski definition) is 1. The molecule has 2 rings (SSSR count). The summed E-state index contributed by atoms with van der Waals surface area (Å²) >= 11 is 5.02. The molecule has 0 heterocycles. The Balaban J connectivity index is 2.34. The van der Waals surface area contributed by atoms with Gasteiger partial charge >= 0.3 is 6.18 Å². The van der Waals surface area contributed by atoms with Crippen molar-refractivity contribution in [1.82, 2.24) is 0 Å². The third kappa shape index (κ3) is 4.19. The van der Waals surface area contributed by atoms with E-state index in [0.29, 0.717) is 10.0 Å². The first-order chi connectivity index (χ1) is 9.77. The Hall–Kier alpha value is -1.09.